The summed E-state index contributed by atoms with van der Waals surface area (Å²) in [5.74, 6) is 4.86. The first kappa shape index (κ1) is 15.9. The molecule has 0 bridgehead atoms. The maximum absolute atomic E-state index is 2.43. The highest BCUT2D eigenvalue weighted by molar-refractivity contribution is 8.03. The third kappa shape index (κ3) is 5.66. The standard InChI is InChI=1S/C14H19S.2CH3.Al/c1-3-5-7-10-13(4-2)15-14-11-8-6-9-12-14;;;/h6,8-9,11-12H,3,5,7,10H2,1-2H3;2*1H3;. The van der Waals surface area contributed by atoms with Gasteiger partial charge in [-0.15, -0.1) is 16.0 Å². The summed E-state index contributed by atoms with van der Waals surface area (Å²) in [6, 6.07) is 10.8. The van der Waals surface area contributed by atoms with Gasteiger partial charge in [0.15, 0.2) is 0 Å². The van der Waals surface area contributed by atoms with Crippen LogP contribution in [0.2, 0.25) is 11.6 Å². The minimum Gasteiger partial charge on any atom is -0.125 e. The molecular formula is C16H25AlS. The summed E-state index contributed by atoms with van der Waals surface area (Å²) >= 11 is 1.33. The van der Waals surface area contributed by atoms with Gasteiger partial charge in [-0.2, -0.15) is 0 Å². The topological polar surface area (TPSA) is 0 Å². The van der Waals surface area contributed by atoms with E-state index in [1.165, 1.54) is 30.6 Å². The number of hydrogen-bond donors (Lipinski definition) is 0. The molecule has 0 aromatic heterocycles. The average Bonchev–Trinajstić information content (AvgIpc) is 2.38. The fraction of sp³-hybridized carbons (Fsp3) is 0.500. The van der Waals surface area contributed by atoms with Gasteiger partial charge in [0.25, 0.3) is 14.1 Å². The SMILES string of the molecule is CCCCC/C(Sc1ccccc1)=[C](/C)[Al]([CH3])[CH3]. The number of rotatable bonds is 7. The first-order chi connectivity index (χ1) is 8.65. The largest absolute Gasteiger partial charge is 0.293 e. The molecule has 0 N–H and O–H groups in total. The van der Waals surface area contributed by atoms with Crippen LogP contribution in [0.4, 0.5) is 0 Å². The van der Waals surface area contributed by atoms with E-state index in [0.717, 1.165) is 0 Å². The van der Waals surface area contributed by atoms with E-state index >= 15 is 0 Å². The van der Waals surface area contributed by atoms with E-state index in [9.17, 15) is 0 Å². The van der Waals surface area contributed by atoms with Crippen molar-refractivity contribution in [3.05, 3.63) is 39.7 Å². The molecule has 0 radical (unpaired) electrons. The van der Waals surface area contributed by atoms with Gasteiger partial charge in [-0.3, -0.25) is 0 Å². The van der Waals surface area contributed by atoms with E-state index in [-0.39, 0.29) is 0 Å². The Morgan fingerprint density at radius 2 is 1.78 bits per heavy atom. The van der Waals surface area contributed by atoms with Crippen molar-refractivity contribution in [1.82, 2.24) is 0 Å². The van der Waals surface area contributed by atoms with Gasteiger partial charge in [0, 0.05) is 4.90 Å². The van der Waals surface area contributed by atoms with Crippen LogP contribution in [-0.4, -0.2) is 14.1 Å². The highest BCUT2D eigenvalue weighted by Crippen LogP contribution is 2.33. The number of hydrogen-bond acceptors (Lipinski definition) is 1. The summed E-state index contributed by atoms with van der Waals surface area (Å²) < 4.78 is 1.69. The zero-order valence-corrected chi connectivity index (χ0v) is 14.2. The molecule has 0 aliphatic heterocycles. The van der Waals surface area contributed by atoms with Crippen molar-refractivity contribution in [2.75, 3.05) is 0 Å². The summed E-state index contributed by atoms with van der Waals surface area (Å²) in [5.41, 5.74) is 0. The van der Waals surface area contributed by atoms with Crippen LogP contribution in [0.25, 0.3) is 0 Å². The zero-order chi connectivity index (χ0) is 13.4. The van der Waals surface area contributed by atoms with Crippen LogP contribution in [0.3, 0.4) is 0 Å². The molecule has 0 fully saturated rings. The van der Waals surface area contributed by atoms with Crippen LogP contribution in [0.1, 0.15) is 39.5 Å². The predicted octanol–water partition coefficient (Wildman–Crippen LogP) is 5.93. The highest BCUT2D eigenvalue weighted by atomic mass is 32.2. The molecule has 1 aromatic rings. The Labute approximate surface area is 121 Å². The number of allylic oxidation sites excluding steroid dienone is 2. The average molecular weight is 276 g/mol. The van der Waals surface area contributed by atoms with Crippen LogP contribution in [0.5, 0.6) is 0 Å². The molecular weight excluding hydrogens is 251 g/mol. The second-order valence-electron chi connectivity index (χ2n) is 5.13. The fourth-order valence-corrected chi connectivity index (χ4v) is 4.47. The molecule has 98 valence electrons. The Hall–Kier alpha value is -0.158. The molecule has 0 atom stereocenters. The Morgan fingerprint density at radius 3 is 2.33 bits per heavy atom. The lowest BCUT2D eigenvalue weighted by Gasteiger charge is -2.13. The lowest BCUT2D eigenvalue weighted by atomic mass is 10.2. The first-order valence-corrected chi connectivity index (χ1v) is 10.8. The van der Waals surface area contributed by atoms with Crippen LogP contribution in [0, 0.1) is 0 Å². The molecule has 0 heterocycles. The normalized spacial score (nSPS) is 12.2. The summed E-state index contributed by atoms with van der Waals surface area (Å²) in [7, 11) is 0. The molecule has 2 heteroatoms. The van der Waals surface area contributed by atoms with Gasteiger partial charge in [-0.1, -0.05) is 56.7 Å². The quantitative estimate of drug-likeness (QED) is 0.338. The zero-order valence-electron chi connectivity index (χ0n) is 12.2. The minimum atomic E-state index is -0.656. The van der Waals surface area contributed by atoms with E-state index in [1.54, 1.807) is 9.34 Å². The molecule has 0 unspecified atom stereocenters. The van der Waals surface area contributed by atoms with Gasteiger partial charge >= 0.3 is 0 Å². The minimum absolute atomic E-state index is 0.656. The maximum Gasteiger partial charge on any atom is 0.293 e. The lowest BCUT2D eigenvalue weighted by molar-refractivity contribution is 0.724. The fourth-order valence-electron chi connectivity index (χ4n) is 1.82. The van der Waals surface area contributed by atoms with Gasteiger partial charge in [-0.05, 0) is 29.9 Å². The van der Waals surface area contributed by atoms with Crippen molar-refractivity contribution >= 4 is 25.9 Å². The third-order valence-electron chi connectivity index (χ3n) is 3.30. The van der Waals surface area contributed by atoms with Crippen molar-refractivity contribution < 1.29 is 0 Å². The predicted molar refractivity (Wildman–Crippen MR) is 86.6 cm³/mol. The van der Waals surface area contributed by atoms with Crippen LogP contribution in [-0.2, 0) is 0 Å². The van der Waals surface area contributed by atoms with Crippen molar-refractivity contribution in [3.8, 4) is 0 Å². The van der Waals surface area contributed by atoms with Crippen molar-refractivity contribution in [3.63, 3.8) is 0 Å². The van der Waals surface area contributed by atoms with Crippen molar-refractivity contribution in [2.24, 2.45) is 0 Å². The van der Waals surface area contributed by atoms with Crippen LogP contribution >= 0.6 is 11.8 Å². The molecule has 18 heavy (non-hydrogen) atoms. The lowest BCUT2D eigenvalue weighted by Crippen LogP contribution is -2.05. The monoisotopic (exact) mass is 276 g/mol. The maximum atomic E-state index is 2.43. The van der Waals surface area contributed by atoms with Gasteiger partial charge in [-0.25, -0.2) is 0 Å². The highest BCUT2D eigenvalue weighted by Gasteiger charge is 2.11. The van der Waals surface area contributed by atoms with Gasteiger partial charge < -0.3 is 0 Å². The summed E-state index contributed by atoms with van der Waals surface area (Å²) in [6.45, 7) is 4.63. The smallest absolute Gasteiger partial charge is 0.125 e. The van der Waals surface area contributed by atoms with E-state index in [1.807, 2.05) is 11.8 Å². The van der Waals surface area contributed by atoms with E-state index in [0.29, 0.717) is 0 Å². The van der Waals surface area contributed by atoms with Gasteiger partial charge in [0.05, 0.1) is 0 Å². The van der Waals surface area contributed by atoms with Gasteiger partial charge in [0.1, 0.15) is 0 Å². The number of unbranched alkanes of at least 4 members (excludes halogenated alkanes) is 2. The van der Waals surface area contributed by atoms with Crippen molar-refractivity contribution in [1.29, 1.82) is 0 Å². The van der Waals surface area contributed by atoms with Crippen molar-refractivity contribution in [2.45, 2.75) is 56.0 Å². The molecule has 0 saturated carbocycles. The van der Waals surface area contributed by atoms with Crippen LogP contribution in [0.15, 0.2) is 44.6 Å². The van der Waals surface area contributed by atoms with E-state index < -0.39 is 14.1 Å². The van der Waals surface area contributed by atoms with Gasteiger partial charge in [0.2, 0.25) is 0 Å². The Morgan fingerprint density at radius 1 is 1.11 bits per heavy atom. The summed E-state index contributed by atoms with van der Waals surface area (Å²) in [6.07, 6.45) is 5.27. The molecule has 0 aliphatic rings. The number of thioether (sulfide) groups is 1. The number of benzene rings is 1. The second kappa shape index (κ2) is 8.86. The molecule has 1 rings (SSSR count). The second-order valence-corrected chi connectivity index (χ2v) is 9.48. The summed E-state index contributed by atoms with van der Waals surface area (Å²) in [4.78, 5) is 3.02. The molecule has 1 aromatic carbocycles. The molecule has 0 amide bonds. The third-order valence-corrected chi connectivity index (χ3v) is 6.87. The molecule has 0 aliphatic carbocycles. The molecule has 0 saturated heterocycles. The summed E-state index contributed by atoms with van der Waals surface area (Å²) in [5, 5.41) is 0. The Bertz CT molecular complexity index is 368. The Balaban J connectivity index is 2.75. The molecule has 0 spiro atoms. The van der Waals surface area contributed by atoms with E-state index in [4.69, 9.17) is 0 Å². The van der Waals surface area contributed by atoms with Crippen LogP contribution < -0.4 is 0 Å². The van der Waals surface area contributed by atoms with E-state index in [2.05, 4.69) is 55.8 Å². The first-order valence-electron chi connectivity index (χ1n) is 7.07. The Kier molecular flexibility index (Phi) is 7.83. The molecule has 0 nitrogen and oxygen atoms in total.